The van der Waals surface area contributed by atoms with Crippen LogP contribution in [-0.2, 0) is 16.1 Å². The Bertz CT molecular complexity index is 1240. The van der Waals surface area contributed by atoms with Crippen molar-refractivity contribution >= 4 is 17.5 Å². The molecule has 2 aromatic carbocycles. The van der Waals surface area contributed by atoms with Gasteiger partial charge in [-0.2, -0.15) is 23.1 Å². The fourth-order valence-corrected chi connectivity index (χ4v) is 3.40. The topological polar surface area (TPSA) is 97.2 Å². The van der Waals surface area contributed by atoms with Gasteiger partial charge in [-0.25, -0.2) is 4.98 Å². The summed E-state index contributed by atoms with van der Waals surface area (Å²) >= 11 is 6.33. The Hall–Kier alpha value is -3.24. The number of nitrogens with zero attached hydrogens (tertiary/aromatic N) is 3. The first-order valence-electron chi connectivity index (χ1n) is 10.6. The minimum Gasteiger partial charge on any atom is -0.479 e. The van der Waals surface area contributed by atoms with Gasteiger partial charge in [0.15, 0.2) is 11.6 Å². The average molecular weight is 509 g/mol. The molecule has 0 unspecified atom stereocenters. The maximum absolute atomic E-state index is 13.3. The van der Waals surface area contributed by atoms with Crippen LogP contribution in [0.25, 0.3) is 22.8 Å². The number of halogens is 4. The van der Waals surface area contributed by atoms with Gasteiger partial charge in [0.05, 0.1) is 5.02 Å². The Kier molecular flexibility index (Phi) is 7.66. The molecule has 7 nitrogen and oxygen atoms in total. The number of ether oxygens (including phenoxy) is 1. The Morgan fingerprint density at radius 2 is 1.80 bits per heavy atom. The van der Waals surface area contributed by atoms with Crippen molar-refractivity contribution in [3.63, 3.8) is 0 Å². The van der Waals surface area contributed by atoms with Crippen molar-refractivity contribution in [1.82, 2.24) is 20.3 Å². The van der Waals surface area contributed by atoms with Crippen LogP contribution in [0.2, 0.25) is 5.02 Å². The fraction of sp³-hybridized carbons (Fsp3) is 0.333. The highest BCUT2D eigenvalue weighted by molar-refractivity contribution is 6.33. The molecule has 0 saturated carbocycles. The zero-order valence-electron chi connectivity index (χ0n) is 19.4. The molecule has 0 spiro atoms. The van der Waals surface area contributed by atoms with Crippen LogP contribution in [0.4, 0.5) is 13.2 Å². The summed E-state index contributed by atoms with van der Waals surface area (Å²) in [4.78, 5) is 24.6. The normalized spacial score (nSPS) is 13.5. The molecule has 35 heavy (non-hydrogen) atoms. The third kappa shape index (κ3) is 5.71. The average Bonchev–Trinajstić information content (AvgIpc) is 2.81. The molecule has 0 bridgehead atoms. The molecule has 186 valence electrons. The van der Waals surface area contributed by atoms with Gasteiger partial charge < -0.3 is 15.2 Å². The summed E-state index contributed by atoms with van der Waals surface area (Å²) in [7, 11) is 0.815. The Morgan fingerprint density at radius 3 is 2.43 bits per heavy atom. The minimum atomic E-state index is -4.90. The first-order chi connectivity index (χ1) is 16.4. The summed E-state index contributed by atoms with van der Waals surface area (Å²) in [5.74, 6) is -0.777. The second-order valence-corrected chi connectivity index (χ2v) is 8.70. The second kappa shape index (κ2) is 10.2. The summed E-state index contributed by atoms with van der Waals surface area (Å²) < 4.78 is 44.2. The molecule has 0 aliphatic heterocycles. The van der Waals surface area contributed by atoms with Gasteiger partial charge in [-0.15, -0.1) is 0 Å². The van der Waals surface area contributed by atoms with Gasteiger partial charge in [0.25, 0.3) is 5.91 Å². The summed E-state index contributed by atoms with van der Waals surface area (Å²) in [6.45, 7) is 4.50. The van der Waals surface area contributed by atoms with Crippen LogP contribution in [0.3, 0.4) is 0 Å². The number of methoxy groups -OCH3 is 1. The van der Waals surface area contributed by atoms with E-state index in [0.29, 0.717) is 23.6 Å². The minimum absolute atomic E-state index is 0.0673. The maximum Gasteiger partial charge on any atom is 0.426 e. The smallest absolute Gasteiger partial charge is 0.426 e. The second-order valence-electron chi connectivity index (χ2n) is 8.29. The summed E-state index contributed by atoms with van der Waals surface area (Å²) in [5, 5.41) is 12.6. The Labute approximate surface area is 205 Å². The molecule has 0 radical (unpaired) electrons. The van der Waals surface area contributed by atoms with Crippen molar-refractivity contribution in [3.8, 4) is 28.8 Å². The zero-order valence-corrected chi connectivity index (χ0v) is 20.2. The number of amides is 1. The van der Waals surface area contributed by atoms with Gasteiger partial charge in [-0.3, -0.25) is 4.79 Å². The molecule has 3 rings (SSSR count). The quantitative estimate of drug-likeness (QED) is 0.451. The lowest BCUT2D eigenvalue weighted by atomic mass is 10.0. The predicted octanol–water partition coefficient (Wildman–Crippen LogP) is 5.27. The van der Waals surface area contributed by atoms with Crippen molar-refractivity contribution in [2.45, 2.75) is 45.0 Å². The molecule has 1 aromatic heterocycles. The van der Waals surface area contributed by atoms with E-state index in [4.69, 9.17) is 11.6 Å². The highest BCUT2D eigenvalue weighted by Gasteiger charge is 2.57. The number of hydrogen-bond acceptors (Lipinski definition) is 6. The summed E-state index contributed by atoms with van der Waals surface area (Å²) in [6.07, 6.45) is -4.90. The lowest BCUT2D eigenvalue weighted by molar-refractivity contribution is -0.253. The fourth-order valence-electron chi connectivity index (χ4n) is 3.19. The van der Waals surface area contributed by atoms with E-state index in [-0.39, 0.29) is 29.1 Å². The van der Waals surface area contributed by atoms with Crippen LogP contribution in [0.1, 0.15) is 37.8 Å². The first-order valence-corrected chi connectivity index (χ1v) is 11.0. The maximum atomic E-state index is 13.3. The molecular weight excluding hydrogens is 485 g/mol. The van der Waals surface area contributed by atoms with Gasteiger partial charge in [0.1, 0.15) is 0 Å². The molecule has 0 saturated heterocycles. The summed E-state index contributed by atoms with van der Waals surface area (Å²) in [5.41, 5.74) is -0.534. The van der Waals surface area contributed by atoms with Crippen LogP contribution in [-0.4, -0.2) is 44.9 Å². The highest BCUT2D eigenvalue weighted by Crippen LogP contribution is 2.33. The van der Waals surface area contributed by atoms with E-state index in [2.05, 4.69) is 25.0 Å². The van der Waals surface area contributed by atoms with E-state index in [9.17, 15) is 23.1 Å². The number of alkyl halides is 3. The lowest BCUT2D eigenvalue weighted by Crippen LogP contribution is -2.55. The molecule has 1 heterocycles. The largest absolute Gasteiger partial charge is 0.479 e. The molecular formula is C24H24ClF3N4O3. The number of rotatable bonds is 7. The Balaban J connectivity index is 1.92. The van der Waals surface area contributed by atoms with Crippen LogP contribution < -0.4 is 5.32 Å². The zero-order chi connectivity index (χ0) is 26.0. The molecule has 0 aliphatic carbocycles. The van der Waals surface area contributed by atoms with Gasteiger partial charge in [-0.05, 0) is 42.2 Å². The number of nitrogens with one attached hydrogen (secondary N) is 1. The van der Waals surface area contributed by atoms with Crippen molar-refractivity contribution in [2.75, 3.05) is 7.11 Å². The van der Waals surface area contributed by atoms with E-state index in [0.717, 1.165) is 12.7 Å². The Morgan fingerprint density at radius 1 is 1.11 bits per heavy atom. The molecule has 3 aromatic rings. The van der Waals surface area contributed by atoms with Crippen molar-refractivity contribution in [3.05, 3.63) is 58.6 Å². The van der Waals surface area contributed by atoms with Crippen LogP contribution in [0.5, 0.6) is 6.01 Å². The molecule has 0 fully saturated rings. The van der Waals surface area contributed by atoms with Crippen LogP contribution >= 0.6 is 11.6 Å². The molecule has 2 N–H and O–H groups in total. The predicted molar refractivity (Wildman–Crippen MR) is 125 cm³/mol. The number of hydrogen-bond donors (Lipinski definition) is 2. The van der Waals surface area contributed by atoms with E-state index in [1.165, 1.54) is 18.2 Å². The molecule has 0 aliphatic rings. The van der Waals surface area contributed by atoms with Crippen molar-refractivity contribution < 1.29 is 27.8 Å². The number of benzene rings is 2. The van der Waals surface area contributed by atoms with E-state index >= 15 is 0 Å². The van der Waals surface area contributed by atoms with Crippen molar-refractivity contribution in [2.24, 2.45) is 0 Å². The summed E-state index contributed by atoms with van der Waals surface area (Å²) in [6, 6.07) is 11.6. The van der Waals surface area contributed by atoms with Crippen LogP contribution in [0, 0.1) is 0 Å². The number of aromatic nitrogens is 3. The van der Waals surface area contributed by atoms with Gasteiger partial charge in [-0.1, -0.05) is 49.7 Å². The van der Waals surface area contributed by atoms with Gasteiger partial charge in [0, 0.05) is 24.8 Å². The number of carbonyl (C=O) groups excluding carboxylic acids is 1. The lowest BCUT2D eigenvalue weighted by Gasteiger charge is -2.29. The van der Waals surface area contributed by atoms with E-state index in [1.54, 1.807) is 6.07 Å². The SMILES string of the molecule is CO[C@](C)(C(=O)NCc1ccc(Cl)c(-c2nc(O)nc(-c3cccc(C(C)C)c3)n2)c1)C(F)(F)F. The third-order valence-corrected chi connectivity index (χ3v) is 5.87. The van der Waals surface area contributed by atoms with Crippen LogP contribution in [0.15, 0.2) is 42.5 Å². The first kappa shape index (κ1) is 26.4. The molecule has 1 atom stereocenters. The van der Waals surface area contributed by atoms with Gasteiger partial charge >= 0.3 is 12.2 Å². The highest BCUT2D eigenvalue weighted by atomic mass is 35.5. The third-order valence-electron chi connectivity index (χ3n) is 5.54. The van der Waals surface area contributed by atoms with Crippen molar-refractivity contribution in [1.29, 1.82) is 0 Å². The number of aromatic hydroxyl groups is 1. The molecule has 11 heteroatoms. The van der Waals surface area contributed by atoms with E-state index < -0.39 is 23.7 Å². The molecule has 1 amide bonds. The standard InChI is InChI=1S/C24H24ClF3N4O3/c1-13(2)15-6-5-7-16(11-15)19-30-20(32-22(34)31-19)17-10-14(8-9-18(17)25)12-29-21(33)23(3,35-4)24(26,27)28/h5-11,13H,12H2,1-4H3,(H,29,33)(H,30,31,32,34)/t23-/m1/s1. The van der Waals surface area contributed by atoms with E-state index in [1.807, 2.05) is 32.0 Å². The van der Waals surface area contributed by atoms with Gasteiger partial charge in [0.2, 0.25) is 5.60 Å². The number of carbonyl (C=O) groups is 1. The monoisotopic (exact) mass is 508 g/mol.